The SMILES string of the molecule is CCc1n[nH]c(=S)n1/N=C\c1ccc(OCc2ccc(F)cc2)c(Br)c1. The molecule has 3 rings (SSSR count). The van der Waals surface area contributed by atoms with Crippen LogP contribution in [0.5, 0.6) is 5.75 Å². The van der Waals surface area contributed by atoms with Gasteiger partial charge in [0.2, 0.25) is 4.77 Å². The molecule has 5 nitrogen and oxygen atoms in total. The molecule has 0 saturated heterocycles. The highest BCUT2D eigenvalue weighted by Gasteiger charge is 2.04. The molecule has 2 aromatic carbocycles. The lowest BCUT2D eigenvalue weighted by atomic mass is 10.2. The summed E-state index contributed by atoms with van der Waals surface area (Å²) < 4.78 is 21.6. The van der Waals surface area contributed by atoms with Crippen LogP contribution in [0.1, 0.15) is 23.9 Å². The fourth-order valence-corrected chi connectivity index (χ4v) is 2.96. The second-order valence-corrected chi connectivity index (χ2v) is 6.70. The maximum absolute atomic E-state index is 12.9. The molecule has 26 heavy (non-hydrogen) atoms. The average molecular weight is 435 g/mol. The number of ether oxygens (including phenoxy) is 1. The fourth-order valence-electron chi connectivity index (χ4n) is 2.25. The van der Waals surface area contributed by atoms with Crippen molar-refractivity contribution in [3.63, 3.8) is 0 Å². The van der Waals surface area contributed by atoms with Gasteiger partial charge in [-0.2, -0.15) is 14.9 Å². The van der Waals surface area contributed by atoms with Crippen molar-refractivity contribution < 1.29 is 9.13 Å². The third-order valence-corrected chi connectivity index (χ3v) is 4.50. The molecule has 0 saturated carbocycles. The molecule has 1 N–H and O–H groups in total. The first-order valence-corrected chi connectivity index (χ1v) is 9.14. The smallest absolute Gasteiger partial charge is 0.216 e. The molecule has 0 fully saturated rings. The number of rotatable bonds is 6. The summed E-state index contributed by atoms with van der Waals surface area (Å²) in [7, 11) is 0. The third kappa shape index (κ3) is 4.44. The van der Waals surface area contributed by atoms with Crippen LogP contribution in [0, 0.1) is 10.6 Å². The third-order valence-electron chi connectivity index (χ3n) is 3.62. The van der Waals surface area contributed by atoms with Gasteiger partial charge in [-0.25, -0.2) is 4.39 Å². The predicted molar refractivity (Wildman–Crippen MR) is 105 cm³/mol. The van der Waals surface area contributed by atoms with Crippen molar-refractivity contribution in [1.82, 2.24) is 14.9 Å². The van der Waals surface area contributed by atoms with E-state index in [2.05, 4.69) is 31.2 Å². The minimum Gasteiger partial charge on any atom is -0.488 e. The molecule has 1 aromatic heterocycles. The molecule has 0 aliphatic heterocycles. The van der Waals surface area contributed by atoms with Gasteiger partial charge in [0.1, 0.15) is 18.2 Å². The summed E-state index contributed by atoms with van der Waals surface area (Å²) in [6.45, 7) is 2.34. The summed E-state index contributed by atoms with van der Waals surface area (Å²) in [5.74, 6) is 1.20. The van der Waals surface area contributed by atoms with Crippen LogP contribution in [0.15, 0.2) is 52.0 Å². The second-order valence-electron chi connectivity index (χ2n) is 5.46. The van der Waals surface area contributed by atoms with E-state index in [4.69, 9.17) is 17.0 Å². The van der Waals surface area contributed by atoms with Crippen molar-refractivity contribution >= 4 is 34.4 Å². The molecule has 3 aromatic rings. The number of H-pyrrole nitrogens is 1. The van der Waals surface area contributed by atoms with Crippen LogP contribution < -0.4 is 4.74 Å². The van der Waals surface area contributed by atoms with E-state index < -0.39 is 0 Å². The first-order chi connectivity index (χ1) is 12.6. The van der Waals surface area contributed by atoms with E-state index in [-0.39, 0.29) is 5.82 Å². The Morgan fingerprint density at radius 3 is 2.77 bits per heavy atom. The number of nitrogens with zero attached hydrogens (tertiary/aromatic N) is 3. The van der Waals surface area contributed by atoms with Crippen LogP contribution >= 0.6 is 28.1 Å². The van der Waals surface area contributed by atoms with Gasteiger partial charge >= 0.3 is 0 Å². The van der Waals surface area contributed by atoms with Gasteiger partial charge in [0, 0.05) is 6.42 Å². The van der Waals surface area contributed by atoms with Gasteiger partial charge in [-0.1, -0.05) is 19.1 Å². The van der Waals surface area contributed by atoms with Crippen LogP contribution in [0.3, 0.4) is 0 Å². The van der Waals surface area contributed by atoms with Gasteiger partial charge in [-0.05, 0) is 69.6 Å². The van der Waals surface area contributed by atoms with Gasteiger partial charge in [0.15, 0.2) is 5.82 Å². The molecule has 0 aliphatic rings. The second kappa shape index (κ2) is 8.37. The van der Waals surface area contributed by atoms with Crippen molar-refractivity contribution in [2.75, 3.05) is 0 Å². The maximum atomic E-state index is 12.9. The average Bonchev–Trinajstić information content (AvgIpc) is 3.00. The predicted octanol–water partition coefficient (Wildman–Crippen LogP) is 4.87. The van der Waals surface area contributed by atoms with E-state index in [1.165, 1.54) is 12.1 Å². The molecular weight excluding hydrogens is 419 g/mol. The Morgan fingerprint density at radius 1 is 1.31 bits per heavy atom. The molecule has 1 heterocycles. The number of nitrogens with one attached hydrogen (secondary N) is 1. The Labute approximate surface area is 163 Å². The number of aromatic nitrogens is 3. The van der Waals surface area contributed by atoms with E-state index >= 15 is 0 Å². The summed E-state index contributed by atoms with van der Waals surface area (Å²) in [6, 6.07) is 11.9. The Bertz CT molecular complexity index is 982. The summed E-state index contributed by atoms with van der Waals surface area (Å²) in [6.07, 6.45) is 2.43. The summed E-state index contributed by atoms with van der Waals surface area (Å²) in [5, 5.41) is 11.2. The zero-order valence-corrected chi connectivity index (χ0v) is 16.3. The molecule has 0 bridgehead atoms. The van der Waals surface area contributed by atoms with Crippen molar-refractivity contribution in [3.05, 3.63) is 74.5 Å². The highest BCUT2D eigenvalue weighted by atomic mass is 79.9. The van der Waals surface area contributed by atoms with Gasteiger partial charge < -0.3 is 4.74 Å². The quantitative estimate of drug-likeness (QED) is 0.444. The highest BCUT2D eigenvalue weighted by Crippen LogP contribution is 2.26. The Hall–Kier alpha value is -2.32. The van der Waals surface area contributed by atoms with E-state index in [9.17, 15) is 4.39 Å². The summed E-state index contributed by atoms with van der Waals surface area (Å²) in [5.41, 5.74) is 1.78. The topological polar surface area (TPSA) is 55.2 Å². The number of aromatic amines is 1. The van der Waals surface area contributed by atoms with Crippen LogP contribution in [-0.4, -0.2) is 21.1 Å². The maximum Gasteiger partial charge on any atom is 0.216 e. The zero-order chi connectivity index (χ0) is 18.5. The molecule has 0 amide bonds. The van der Waals surface area contributed by atoms with Gasteiger partial charge in [-0.15, -0.1) is 0 Å². The van der Waals surface area contributed by atoms with Gasteiger partial charge in [-0.3, -0.25) is 5.10 Å². The molecule has 0 unspecified atom stereocenters. The lowest BCUT2D eigenvalue weighted by Gasteiger charge is -2.09. The highest BCUT2D eigenvalue weighted by molar-refractivity contribution is 9.10. The summed E-state index contributed by atoms with van der Waals surface area (Å²) in [4.78, 5) is 0. The zero-order valence-electron chi connectivity index (χ0n) is 13.9. The first-order valence-electron chi connectivity index (χ1n) is 7.94. The largest absolute Gasteiger partial charge is 0.488 e. The molecule has 8 heteroatoms. The monoisotopic (exact) mass is 434 g/mol. The minimum atomic E-state index is -0.262. The molecule has 0 aliphatic carbocycles. The Morgan fingerprint density at radius 2 is 2.08 bits per heavy atom. The number of hydrogen-bond donors (Lipinski definition) is 1. The number of aryl methyl sites for hydroxylation is 1. The summed E-state index contributed by atoms with van der Waals surface area (Å²) >= 11 is 8.67. The van der Waals surface area contributed by atoms with Crippen LogP contribution in [0.25, 0.3) is 0 Å². The lowest BCUT2D eigenvalue weighted by Crippen LogP contribution is -1.98. The Kier molecular flexibility index (Phi) is 5.95. The van der Waals surface area contributed by atoms with E-state index in [1.54, 1.807) is 23.0 Å². The van der Waals surface area contributed by atoms with Crippen molar-refractivity contribution in [2.45, 2.75) is 20.0 Å². The number of halogens is 2. The van der Waals surface area contributed by atoms with Crippen molar-refractivity contribution in [2.24, 2.45) is 5.10 Å². The lowest BCUT2D eigenvalue weighted by molar-refractivity contribution is 0.304. The number of hydrogen-bond acceptors (Lipinski definition) is 4. The normalized spacial score (nSPS) is 11.2. The Balaban J connectivity index is 1.71. The van der Waals surface area contributed by atoms with Crippen molar-refractivity contribution in [1.29, 1.82) is 0 Å². The van der Waals surface area contributed by atoms with E-state index in [0.717, 1.165) is 27.8 Å². The van der Waals surface area contributed by atoms with Gasteiger partial charge in [0.05, 0.1) is 10.7 Å². The minimum absolute atomic E-state index is 0.262. The van der Waals surface area contributed by atoms with Gasteiger partial charge in [0.25, 0.3) is 0 Å². The fraction of sp³-hybridized carbons (Fsp3) is 0.167. The molecule has 134 valence electrons. The molecule has 0 atom stereocenters. The van der Waals surface area contributed by atoms with Crippen LogP contribution in [0.4, 0.5) is 4.39 Å². The molecular formula is C18H16BrFN4OS. The first kappa shape index (κ1) is 18.5. The van der Waals surface area contributed by atoms with Crippen LogP contribution in [-0.2, 0) is 13.0 Å². The van der Waals surface area contributed by atoms with Crippen LogP contribution in [0.2, 0.25) is 0 Å². The van der Waals surface area contributed by atoms with E-state index in [1.807, 2.05) is 25.1 Å². The number of benzene rings is 2. The standard InChI is InChI=1S/C18H16BrFN4OS/c1-2-17-22-23-18(26)24(17)21-10-13-5-8-16(15(19)9-13)25-11-12-3-6-14(20)7-4-12/h3-10H,2,11H2,1H3,(H,23,26)/b21-10-. The molecule has 0 spiro atoms. The molecule has 0 radical (unpaired) electrons. The van der Waals surface area contributed by atoms with Crippen molar-refractivity contribution in [3.8, 4) is 5.75 Å². The van der Waals surface area contributed by atoms with E-state index in [0.29, 0.717) is 17.1 Å².